The van der Waals surface area contributed by atoms with E-state index in [0.29, 0.717) is 33.0 Å². The fourth-order valence-electron chi connectivity index (χ4n) is 8.06. The van der Waals surface area contributed by atoms with Crippen molar-refractivity contribution in [2.24, 2.45) is 0 Å². The Bertz CT molecular complexity index is 2420. The maximum absolute atomic E-state index is 6.26. The third-order valence-electron chi connectivity index (χ3n) is 10.0. The van der Waals surface area contributed by atoms with E-state index < -0.39 is 18.3 Å². The van der Waals surface area contributed by atoms with Crippen molar-refractivity contribution in [2.45, 2.75) is 40.5 Å². The molecule has 8 aromatic rings. The molecule has 8 rings (SSSR count). The highest BCUT2D eigenvalue weighted by Crippen LogP contribution is 2.36. The van der Waals surface area contributed by atoms with Crippen LogP contribution in [0.1, 0.15) is 34.6 Å². The summed E-state index contributed by atoms with van der Waals surface area (Å²) in [6.07, 6.45) is 0. The molecule has 0 aliphatic rings. The molecule has 0 saturated heterocycles. The smallest absolute Gasteiger partial charge is 0.370 e. The molecular weight excluding hydrogens is 701 g/mol. The lowest BCUT2D eigenvalue weighted by atomic mass is 9.94. The molecule has 54 heavy (non-hydrogen) atoms. The lowest BCUT2D eigenvalue weighted by Crippen LogP contribution is -2.57. The number of benzene rings is 8. The average molecular weight is 751 g/mol. The fraction of sp³-hybridized carbons (Fsp3) is 0.234. The van der Waals surface area contributed by atoms with Crippen LogP contribution in [-0.2, 0) is 22.8 Å². The highest BCUT2D eigenvalue weighted by molar-refractivity contribution is 6.78. The standard InChI is InChI=1S/C24H26O3Si.C23H24O2Si/c1-4-25-28(26-5-2,27-6-3)23-17-11-16-22-20-13-8-7-12-18(20)19-14-9-10-15-21(19)24(22)23;1-3-24-23(25-4-2)26-21-15-9-14-20-18-11-6-5-10-16(18)17-12-7-8-13-19(17)22(20)21/h7-17H,4-6H2,1-3H3;5-15,23H,3-4,26H2,1-2H3. The van der Waals surface area contributed by atoms with Crippen LogP contribution < -0.4 is 10.4 Å². The Morgan fingerprint density at radius 3 is 1.11 bits per heavy atom. The Kier molecular flexibility index (Phi) is 12.2. The first-order valence-corrected chi connectivity index (χ1v) is 22.6. The number of hydrogen-bond donors (Lipinski definition) is 0. The summed E-state index contributed by atoms with van der Waals surface area (Å²) in [5, 5.41) is 17.8. The summed E-state index contributed by atoms with van der Waals surface area (Å²) in [4.78, 5) is 0. The van der Waals surface area contributed by atoms with Crippen molar-refractivity contribution in [1.82, 2.24) is 0 Å². The Hall–Kier alpha value is -4.45. The molecule has 8 aromatic carbocycles. The quantitative estimate of drug-likeness (QED) is 0.0668. The summed E-state index contributed by atoms with van der Waals surface area (Å²) in [7, 11) is -3.78. The molecule has 0 aliphatic heterocycles. The molecule has 0 aromatic heterocycles. The van der Waals surface area contributed by atoms with Gasteiger partial charge in [-0.1, -0.05) is 139 Å². The molecule has 0 fully saturated rings. The maximum atomic E-state index is 6.26. The van der Waals surface area contributed by atoms with Crippen LogP contribution in [0.3, 0.4) is 0 Å². The summed E-state index contributed by atoms with van der Waals surface area (Å²) >= 11 is 0. The van der Waals surface area contributed by atoms with E-state index >= 15 is 0 Å². The van der Waals surface area contributed by atoms with Gasteiger partial charge < -0.3 is 22.8 Å². The molecule has 7 heteroatoms. The summed E-state index contributed by atoms with van der Waals surface area (Å²) < 4.78 is 30.5. The van der Waals surface area contributed by atoms with Gasteiger partial charge in [0.2, 0.25) is 0 Å². The van der Waals surface area contributed by atoms with Crippen molar-refractivity contribution in [3.63, 3.8) is 0 Å². The predicted molar refractivity (Wildman–Crippen MR) is 233 cm³/mol. The van der Waals surface area contributed by atoms with Crippen molar-refractivity contribution in [1.29, 1.82) is 0 Å². The van der Waals surface area contributed by atoms with Crippen LogP contribution in [0.25, 0.3) is 64.6 Å². The predicted octanol–water partition coefficient (Wildman–Crippen LogP) is 9.70. The number of fused-ring (bicyclic) bond motifs is 12. The van der Waals surface area contributed by atoms with E-state index in [0.717, 1.165) is 5.19 Å². The fourth-order valence-corrected chi connectivity index (χ4v) is 12.7. The van der Waals surface area contributed by atoms with Crippen LogP contribution in [-0.4, -0.2) is 57.3 Å². The van der Waals surface area contributed by atoms with Crippen LogP contribution in [0, 0.1) is 0 Å². The van der Waals surface area contributed by atoms with Gasteiger partial charge in [0.1, 0.15) is 15.4 Å². The van der Waals surface area contributed by atoms with Crippen LogP contribution in [0.15, 0.2) is 133 Å². The zero-order valence-corrected chi connectivity index (χ0v) is 34.5. The van der Waals surface area contributed by atoms with E-state index in [1.807, 2.05) is 34.6 Å². The van der Waals surface area contributed by atoms with E-state index in [4.69, 9.17) is 22.8 Å². The van der Waals surface area contributed by atoms with Crippen LogP contribution >= 0.6 is 0 Å². The largest absolute Gasteiger partial charge is 0.537 e. The minimum absolute atomic E-state index is 0.0687. The second kappa shape index (κ2) is 17.3. The first kappa shape index (κ1) is 37.9. The average Bonchev–Trinajstić information content (AvgIpc) is 3.21. The van der Waals surface area contributed by atoms with Gasteiger partial charge in [-0.3, -0.25) is 0 Å². The summed E-state index contributed by atoms with van der Waals surface area (Å²) in [6, 6.07) is 47.7. The van der Waals surface area contributed by atoms with E-state index in [1.165, 1.54) is 69.8 Å². The molecule has 0 aliphatic carbocycles. The first-order chi connectivity index (χ1) is 26.6. The van der Waals surface area contributed by atoms with E-state index in [2.05, 4.69) is 133 Å². The normalized spacial score (nSPS) is 12.3. The molecule has 0 amide bonds. The van der Waals surface area contributed by atoms with Gasteiger partial charge in [-0.25, -0.2) is 0 Å². The lowest BCUT2D eigenvalue weighted by molar-refractivity contribution is -0.0817. The molecule has 0 heterocycles. The molecule has 5 nitrogen and oxygen atoms in total. The van der Waals surface area contributed by atoms with Gasteiger partial charge in [0.15, 0.2) is 0 Å². The minimum Gasteiger partial charge on any atom is -0.370 e. The molecule has 0 unspecified atom stereocenters. The SMILES string of the molecule is CCOC(OCC)[SiH2]c1cccc2c3ccccc3c3ccccc3c12.CCO[Si](OCC)(OCC)c1cccc2c3ccccc3c3ccccc3c12. The Labute approximate surface area is 321 Å². The molecule has 276 valence electrons. The topological polar surface area (TPSA) is 46.2 Å². The minimum atomic E-state index is -3.04. The molecule has 0 atom stereocenters. The third kappa shape index (κ3) is 7.21. The van der Waals surface area contributed by atoms with Crippen LogP contribution in [0.4, 0.5) is 0 Å². The molecule has 0 saturated carbocycles. The summed E-state index contributed by atoms with van der Waals surface area (Å²) in [5.41, 5.74) is 0. The first-order valence-electron chi connectivity index (χ1n) is 19.4. The zero-order valence-electron chi connectivity index (χ0n) is 32.1. The monoisotopic (exact) mass is 750 g/mol. The van der Waals surface area contributed by atoms with Gasteiger partial charge in [-0.2, -0.15) is 0 Å². The molecule has 0 bridgehead atoms. The van der Waals surface area contributed by atoms with Crippen molar-refractivity contribution in [3.05, 3.63) is 133 Å². The summed E-state index contributed by atoms with van der Waals surface area (Å²) in [5.74, 6) is -0.0687. The number of ether oxygens (including phenoxy) is 2. The zero-order chi connectivity index (χ0) is 37.5. The van der Waals surface area contributed by atoms with Crippen molar-refractivity contribution in [3.8, 4) is 0 Å². The van der Waals surface area contributed by atoms with Crippen molar-refractivity contribution < 1.29 is 22.8 Å². The maximum Gasteiger partial charge on any atom is 0.537 e. The highest BCUT2D eigenvalue weighted by Gasteiger charge is 2.45. The van der Waals surface area contributed by atoms with Gasteiger partial charge >= 0.3 is 8.80 Å². The number of rotatable bonds is 13. The Balaban J connectivity index is 0.000000167. The van der Waals surface area contributed by atoms with Gasteiger partial charge in [0, 0.05) is 38.2 Å². The van der Waals surface area contributed by atoms with Gasteiger partial charge in [-0.05, 0) is 99.3 Å². The molecule has 0 radical (unpaired) electrons. The third-order valence-corrected chi connectivity index (χ3v) is 15.0. The lowest BCUT2D eigenvalue weighted by Gasteiger charge is -2.30. The van der Waals surface area contributed by atoms with E-state index in [-0.39, 0.29) is 5.91 Å². The van der Waals surface area contributed by atoms with Gasteiger partial charge in [0.25, 0.3) is 0 Å². The molecule has 0 N–H and O–H groups in total. The van der Waals surface area contributed by atoms with Gasteiger partial charge in [0.05, 0.1) is 0 Å². The van der Waals surface area contributed by atoms with Gasteiger partial charge in [-0.15, -0.1) is 0 Å². The van der Waals surface area contributed by atoms with E-state index in [1.54, 1.807) is 0 Å². The Morgan fingerprint density at radius 1 is 0.389 bits per heavy atom. The van der Waals surface area contributed by atoms with E-state index in [9.17, 15) is 0 Å². The molecule has 0 spiro atoms. The number of hydrogen-bond acceptors (Lipinski definition) is 5. The van der Waals surface area contributed by atoms with Crippen LogP contribution in [0.5, 0.6) is 0 Å². The van der Waals surface area contributed by atoms with Crippen LogP contribution in [0.2, 0.25) is 0 Å². The second-order valence-corrected chi connectivity index (χ2v) is 17.5. The highest BCUT2D eigenvalue weighted by atomic mass is 28.4. The molecular formula is C47H50O5Si2. The summed E-state index contributed by atoms with van der Waals surface area (Å²) in [6.45, 7) is 13.1. The van der Waals surface area contributed by atoms with Crippen molar-refractivity contribution >= 4 is 93.3 Å². The Morgan fingerprint density at radius 2 is 0.722 bits per heavy atom. The second-order valence-electron chi connectivity index (χ2n) is 13.1. The van der Waals surface area contributed by atoms with Crippen molar-refractivity contribution in [2.75, 3.05) is 33.0 Å².